The Morgan fingerprint density at radius 1 is 1.30 bits per heavy atom. The van der Waals surface area contributed by atoms with E-state index in [9.17, 15) is 9.59 Å². The maximum absolute atomic E-state index is 12.2. The predicted molar refractivity (Wildman–Crippen MR) is 85.3 cm³/mol. The molecule has 2 heterocycles. The van der Waals surface area contributed by atoms with Gasteiger partial charge < -0.3 is 13.7 Å². The third-order valence-electron chi connectivity index (χ3n) is 3.39. The number of ether oxygens (including phenoxy) is 1. The zero-order valence-electron chi connectivity index (χ0n) is 12.4. The van der Waals surface area contributed by atoms with Crippen LogP contribution in [0.1, 0.15) is 27.4 Å². The number of hydrogen-bond donors (Lipinski definition) is 0. The van der Waals surface area contributed by atoms with Crippen LogP contribution in [-0.2, 0) is 11.3 Å². The van der Waals surface area contributed by atoms with E-state index in [0.717, 1.165) is 4.47 Å². The molecular formula is C16H12BrNO5. The van der Waals surface area contributed by atoms with Crippen molar-refractivity contribution in [3.8, 4) is 0 Å². The number of esters is 1. The molecule has 0 aliphatic carbocycles. The highest BCUT2D eigenvalue weighted by Crippen LogP contribution is 2.23. The summed E-state index contributed by atoms with van der Waals surface area (Å²) in [6.07, 6.45) is 0. The van der Waals surface area contributed by atoms with Crippen molar-refractivity contribution >= 4 is 32.9 Å². The molecular weight excluding hydrogens is 366 g/mol. The van der Waals surface area contributed by atoms with Gasteiger partial charge in [-0.2, -0.15) is 0 Å². The Labute approximate surface area is 139 Å². The van der Waals surface area contributed by atoms with Crippen molar-refractivity contribution in [3.05, 3.63) is 61.7 Å². The summed E-state index contributed by atoms with van der Waals surface area (Å²) in [5, 5.41) is 4.43. The SMILES string of the molecule is Cc1noc(C)c1C(=O)OCc1cc(=O)oc2cc(Br)ccc12. The van der Waals surface area contributed by atoms with Gasteiger partial charge in [-0.3, -0.25) is 0 Å². The normalized spacial score (nSPS) is 10.9. The number of aromatic nitrogens is 1. The summed E-state index contributed by atoms with van der Waals surface area (Å²) < 4.78 is 16.2. The second-order valence-corrected chi connectivity index (χ2v) is 5.92. The van der Waals surface area contributed by atoms with Gasteiger partial charge in [-0.15, -0.1) is 0 Å². The molecule has 0 aliphatic heterocycles. The van der Waals surface area contributed by atoms with Gasteiger partial charge in [0.1, 0.15) is 23.5 Å². The van der Waals surface area contributed by atoms with Gasteiger partial charge in [0.2, 0.25) is 0 Å². The van der Waals surface area contributed by atoms with Gasteiger partial charge in [0.15, 0.2) is 0 Å². The third kappa shape index (κ3) is 3.05. The van der Waals surface area contributed by atoms with E-state index < -0.39 is 11.6 Å². The first-order chi connectivity index (χ1) is 11.0. The number of hydrogen-bond acceptors (Lipinski definition) is 6. The summed E-state index contributed by atoms with van der Waals surface area (Å²) in [5.74, 6) is -0.145. The monoisotopic (exact) mass is 377 g/mol. The molecule has 2 aromatic heterocycles. The number of nitrogens with zero attached hydrogens (tertiary/aromatic N) is 1. The number of rotatable bonds is 3. The van der Waals surface area contributed by atoms with Crippen molar-refractivity contribution in [2.24, 2.45) is 0 Å². The standard InChI is InChI=1S/C16H12BrNO5/c1-8-15(9(2)23-18-8)16(20)21-7-10-5-14(19)22-13-6-11(17)3-4-12(10)13/h3-6H,7H2,1-2H3. The van der Waals surface area contributed by atoms with Crippen LogP contribution in [-0.4, -0.2) is 11.1 Å². The molecule has 0 amide bonds. The molecule has 0 spiro atoms. The van der Waals surface area contributed by atoms with Crippen LogP contribution in [0.5, 0.6) is 0 Å². The number of fused-ring (bicyclic) bond motifs is 1. The molecule has 0 saturated carbocycles. The summed E-state index contributed by atoms with van der Waals surface area (Å²) in [6.45, 7) is 3.25. The van der Waals surface area contributed by atoms with Crippen molar-refractivity contribution in [1.29, 1.82) is 0 Å². The van der Waals surface area contributed by atoms with Crippen molar-refractivity contribution in [3.63, 3.8) is 0 Å². The largest absolute Gasteiger partial charge is 0.457 e. The van der Waals surface area contributed by atoms with Crippen LogP contribution >= 0.6 is 15.9 Å². The number of benzene rings is 1. The van der Waals surface area contributed by atoms with Crippen molar-refractivity contribution in [1.82, 2.24) is 5.16 Å². The van der Waals surface area contributed by atoms with Crippen molar-refractivity contribution < 1.29 is 18.5 Å². The smallest absolute Gasteiger partial charge is 0.344 e. The van der Waals surface area contributed by atoms with Gasteiger partial charge in [-0.25, -0.2) is 9.59 Å². The van der Waals surface area contributed by atoms with Crippen LogP contribution in [0.4, 0.5) is 0 Å². The molecule has 0 fully saturated rings. The Balaban J connectivity index is 1.90. The zero-order chi connectivity index (χ0) is 16.6. The maximum Gasteiger partial charge on any atom is 0.344 e. The second-order valence-electron chi connectivity index (χ2n) is 5.01. The third-order valence-corrected chi connectivity index (χ3v) is 3.88. The molecule has 118 valence electrons. The Bertz CT molecular complexity index is 937. The van der Waals surface area contributed by atoms with E-state index in [1.807, 2.05) is 6.07 Å². The summed E-state index contributed by atoms with van der Waals surface area (Å²) >= 11 is 3.32. The van der Waals surface area contributed by atoms with Gasteiger partial charge in [0.05, 0.1) is 5.69 Å². The Kier molecular flexibility index (Phi) is 4.04. The van der Waals surface area contributed by atoms with E-state index in [4.69, 9.17) is 13.7 Å². The fourth-order valence-corrected chi connectivity index (χ4v) is 2.65. The molecule has 1 aromatic carbocycles. The average Bonchev–Trinajstić information content (AvgIpc) is 2.83. The lowest BCUT2D eigenvalue weighted by atomic mass is 10.1. The van der Waals surface area contributed by atoms with E-state index in [-0.39, 0.29) is 6.61 Å². The second kappa shape index (κ2) is 6.00. The van der Waals surface area contributed by atoms with Crippen LogP contribution in [0, 0.1) is 13.8 Å². The van der Waals surface area contributed by atoms with Crippen LogP contribution in [0.3, 0.4) is 0 Å². The highest BCUT2D eigenvalue weighted by Gasteiger charge is 2.19. The van der Waals surface area contributed by atoms with E-state index in [2.05, 4.69) is 21.1 Å². The van der Waals surface area contributed by atoms with Gasteiger partial charge >= 0.3 is 11.6 Å². The van der Waals surface area contributed by atoms with Crippen molar-refractivity contribution in [2.45, 2.75) is 20.5 Å². The van der Waals surface area contributed by atoms with E-state index in [1.54, 1.807) is 26.0 Å². The molecule has 0 unspecified atom stereocenters. The highest BCUT2D eigenvalue weighted by atomic mass is 79.9. The summed E-state index contributed by atoms with van der Waals surface area (Å²) in [5.41, 5.74) is 1.27. The van der Waals surface area contributed by atoms with Crippen LogP contribution < -0.4 is 5.63 Å². The lowest BCUT2D eigenvalue weighted by molar-refractivity contribution is 0.0471. The zero-order valence-corrected chi connectivity index (χ0v) is 14.0. The molecule has 7 heteroatoms. The van der Waals surface area contributed by atoms with Crippen LogP contribution in [0.25, 0.3) is 11.0 Å². The summed E-state index contributed by atoms with van der Waals surface area (Å²) in [4.78, 5) is 23.8. The van der Waals surface area contributed by atoms with Gasteiger partial charge in [0, 0.05) is 21.5 Å². The van der Waals surface area contributed by atoms with Crippen molar-refractivity contribution in [2.75, 3.05) is 0 Å². The number of halogens is 1. The minimum atomic E-state index is -0.542. The molecule has 3 rings (SSSR count). The number of aryl methyl sites for hydroxylation is 2. The molecule has 23 heavy (non-hydrogen) atoms. The molecule has 3 aromatic rings. The first-order valence-electron chi connectivity index (χ1n) is 6.78. The molecule has 0 aliphatic rings. The first-order valence-corrected chi connectivity index (χ1v) is 7.57. The molecule has 0 atom stereocenters. The van der Waals surface area contributed by atoms with E-state index in [0.29, 0.717) is 33.6 Å². The van der Waals surface area contributed by atoms with Gasteiger partial charge in [-0.05, 0) is 32.0 Å². The molecule has 0 saturated heterocycles. The van der Waals surface area contributed by atoms with Crippen LogP contribution in [0.15, 0.2) is 42.5 Å². The molecule has 0 bridgehead atoms. The topological polar surface area (TPSA) is 82.5 Å². The fourth-order valence-electron chi connectivity index (χ4n) is 2.31. The lowest BCUT2D eigenvalue weighted by Gasteiger charge is -2.07. The Morgan fingerprint density at radius 2 is 2.09 bits per heavy atom. The Morgan fingerprint density at radius 3 is 2.78 bits per heavy atom. The number of carbonyl (C=O) groups is 1. The average molecular weight is 378 g/mol. The summed E-state index contributed by atoms with van der Waals surface area (Å²) in [6, 6.07) is 6.62. The minimum Gasteiger partial charge on any atom is -0.457 e. The highest BCUT2D eigenvalue weighted by molar-refractivity contribution is 9.10. The van der Waals surface area contributed by atoms with Crippen LogP contribution in [0.2, 0.25) is 0 Å². The Hall–Kier alpha value is -2.41. The van der Waals surface area contributed by atoms with E-state index >= 15 is 0 Å². The summed E-state index contributed by atoms with van der Waals surface area (Å²) in [7, 11) is 0. The van der Waals surface area contributed by atoms with Gasteiger partial charge in [-0.1, -0.05) is 21.1 Å². The molecule has 6 nitrogen and oxygen atoms in total. The predicted octanol–water partition coefficient (Wildman–Crippen LogP) is 3.52. The minimum absolute atomic E-state index is 0.0490. The van der Waals surface area contributed by atoms with Gasteiger partial charge in [0.25, 0.3) is 0 Å². The fraction of sp³-hybridized carbons (Fsp3) is 0.188. The van der Waals surface area contributed by atoms with E-state index in [1.165, 1.54) is 6.07 Å². The quantitative estimate of drug-likeness (QED) is 0.512. The first kappa shape index (κ1) is 15.5. The maximum atomic E-state index is 12.2. The lowest BCUT2D eigenvalue weighted by Crippen LogP contribution is -2.09. The number of carbonyl (C=O) groups excluding carboxylic acids is 1. The molecule has 0 N–H and O–H groups in total. The molecule has 0 radical (unpaired) electrons.